The van der Waals surface area contributed by atoms with E-state index in [9.17, 15) is 0 Å². The lowest BCUT2D eigenvalue weighted by atomic mass is 10.2. The van der Waals surface area contributed by atoms with Gasteiger partial charge in [-0.15, -0.1) is 11.8 Å². The number of aromatic nitrogens is 2. The van der Waals surface area contributed by atoms with Crippen molar-refractivity contribution < 1.29 is 0 Å². The summed E-state index contributed by atoms with van der Waals surface area (Å²) >= 11 is 1.91. The predicted octanol–water partition coefficient (Wildman–Crippen LogP) is 2.80. The maximum Gasteiger partial charge on any atom is 0.0839 e. The van der Waals surface area contributed by atoms with Crippen molar-refractivity contribution >= 4 is 11.8 Å². The van der Waals surface area contributed by atoms with Crippen LogP contribution in [0.25, 0.3) is 0 Å². The minimum atomic E-state index is 0.484. The molecular formula is C12H19N3S. The lowest BCUT2D eigenvalue weighted by molar-refractivity contribution is 0.217. The molecule has 16 heavy (non-hydrogen) atoms. The molecule has 1 aliphatic heterocycles. The van der Waals surface area contributed by atoms with Gasteiger partial charge in [0, 0.05) is 18.3 Å². The van der Waals surface area contributed by atoms with E-state index >= 15 is 0 Å². The number of hydrogen-bond acceptors (Lipinski definition) is 3. The van der Waals surface area contributed by atoms with Crippen LogP contribution in [0.5, 0.6) is 0 Å². The second kappa shape index (κ2) is 3.77. The highest BCUT2D eigenvalue weighted by molar-refractivity contribution is 7.99. The van der Waals surface area contributed by atoms with Crippen LogP contribution in [0.4, 0.5) is 0 Å². The van der Waals surface area contributed by atoms with Gasteiger partial charge in [0.2, 0.25) is 0 Å². The Morgan fingerprint density at radius 3 is 2.81 bits per heavy atom. The summed E-state index contributed by atoms with van der Waals surface area (Å²) in [6, 6.07) is 1.20. The van der Waals surface area contributed by atoms with Crippen molar-refractivity contribution in [1.29, 1.82) is 0 Å². The summed E-state index contributed by atoms with van der Waals surface area (Å²) in [4.78, 5) is 2.53. The second-order valence-corrected chi connectivity index (χ2v) is 6.09. The van der Waals surface area contributed by atoms with Gasteiger partial charge in [-0.05, 0) is 32.9 Å². The Hall–Kier alpha value is -0.480. The monoisotopic (exact) mass is 237 g/mol. The average molecular weight is 237 g/mol. The zero-order valence-electron chi connectivity index (χ0n) is 10.2. The molecular weight excluding hydrogens is 218 g/mol. The summed E-state index contributed by atoms with van der Waals surface area (Å²) in [6.07, 6.45) is 7.09. The average Bonchev–Trinajstić information content (AvgIpc) is 2.98. The molecule has 0 N–H and O–H groups in total. The van der Waals surface area contributed by atoms with E-state index in [1.807, 2.05) is 11.8 Å². The van der Waals surface area contributed by atoms with E-state index in [1.165, 1.54) is 24.1 Å². The molecule has 3 rings (SSSR count). The van der Waals surface area contributed by atoms with Gasteiger partial charge in [0.25, 0.3) is 0 Å². The fraction of sp³-hybridized carbons (Fsp3) is 0.750. The summed E-state index contributed by atoms with van der Waals surface area (Å²) in [5.74, 6) is 0. The van der Waals surface area contributed by atoms with E-state index in [2.05, 4.69) is 35.9 Å². The summed E-state index contributed by atoms with van der Waals surface area (Å²) in [6.45, 7) is 5.63. The maximum atomic E-state index is 4.77. The molecule has 88 valence electrons. The van der Waals surface area contributed by atoms with Crippen molar-refractivity contribution in [2.45, 2.75) is 50.7 Å². The lowest BCUT2D eigenvalue weighted by Crippen LogP contribution is -2.28. The van der Waals surface area contributed by atoms with Gasteiger partial charge in [-0.3, -0.25) is 9.58 Å². The van der Waals surface area contributed by atoms with Crippen LogP contribution in [0, 0.1) is 0 Å². The largest absolute Gasteiger partial charge is 0.279 e. The third kappa shape index (κ3) is 1.59. The van der Waals surface area contributed by atoms with Gasteiger partial charge in [0.1, 0.15) is 0 Å². The molecule has 0 radical (unpaired) electrons. The highest BCUT2D eigenvalue weighted by Crippen LogP contribution is 2.40. The normalized spacial score (nSPS) is 27.1. The van der Waals surface area contributed by atoms with E-state index in [4.69, 9.17) is 5.10 Å². The third-order valence-electron chi connectivity index (χ3n) is 3.82. The first-order valence-electron chi connectivity index (χ1n) is 6.07. The van der Waals surface area contributed by atoms with Crippen LogP contribution in [0.15, 0.2) is 6.20 Å². The van der Waals surface area contributed by atoms with Crippen LogP contribution < -0.4 is 0 Å². The molecule has 2 atom stereocenters. The SMILES string of the molecule is CSC(C)N1Cc2cn(C3CC3)nc2[C@@H]1C. The molecule has 1 fully saturated rings. The van der Waals surface area contributed by atoms with E-state index in [1.54, 1.807) is 0 Å². The smallest absolute Gasteiger partial charge is 0.0839 e. The molecule has 1 aliphatic carbocycles. The van der Waals surface area contributed by atoms with Crippen LogP contribution in [0.2, 0.25) is 0 Å². The van der Waals surface area contributed by atoms with E-state index in [0.29, 0.717) is 17.5 Å². The van der Waals surface area contributed by atoms with Crippen molar-refractivity contribution in [3.05, 3.63) is 17.5 Å². The first-order chi connectivity index (χ1) is 7.70. The Kier molecular flexibility index (Phi) is 2.51. The first kappa shape index (κ1) is 10.7. The van der Waals surface area contributed by atoms with Crippen LogP contribution in [-0.4, -0.2) is 26.3 Å². The molecule has 0 saturated heterocycles. The molecule has 3 nitrogen and oxygen atoms in total. The quantitative estimate of drug-likeness (QED) is 0.806. The fourth-order valence-electron chi connectivity index (χ4n) is 2.51. The molecule has 1 aromatic heterocycles. The molecule has 0 spiro atoms. The molecule has 0 amide bonds. The fourth-order valence-corrected chi connectivity index (χ4v) is 3.04. The van der Waals surface area contributed by atoms with Crippen LogP contribution in [-0.2, 0) is 6.54 Å². The van der Waals surface area contributed by atoms with Crippen LogP contribution >= 0.6 is 11.8 Å². The van der Waals surface area contributed by atoms with Crippen molar-refractivity contribution in [3.63, 3.8) is 0 Å². The Morgan fingerprint density at radius 1 is 1.50 bits per heavy atom. The lowest BCUT2D eigenvalue weighted by Gasteiger charge is -2.27. The van der Waals surface area contributed by atoms with Gasteiger partial charge in [-0.2, -0.15) is 5.10 Å². The van der Waals surface area contributed by atoms with Gasteiger partial charge in [0.05, 0.1) is 23.2 Å². The number of hydrogen-bond donors (Lipinski definition) is 0. The minimum absolute atomic E-state index is 0.484. The van der Waals surface area contributed by atoms with Crippen molar-refractivity contribution in [2.24, 2.45) is 0 Å². The summed E-state index contributed by atoms with van der Waals surface area (Å²) in [5, 5.41) is 5.35. The van der Waals surface area contributed by atoms with Gasteiger partial charge in [0.15, 0.2) is 0 Å². The molecule has 2 aliphatic rings. The molecule has 0 bridgehead atoms. The first-order valence-corrected chi connectivity index (χ1v) is 7.36. The standard InChI is InChI=1S/C12H19N3S/c1-8-12-10(6-14(8)9(2)16-3)7-15(13-12)11-4-5-11/h7-9,11H,4-6H2,1-3H3/t8-,9?/m0/s1. The molecule has 1 unspecified atom stereocenters. The Morgan fingerprint density at radius 2 is 2.25 bits per heavy atom. The Bertz CT molecular complexity index is 397. The Labute approximate surface area is 101 Å². The summed E-state index contributed by atoms with van der Waals surface area (Å²) in [7, 11) is 0. The Balaban J connectivity index is 1.83. The molecule has 1 saturated carbocycles. The van der Waals surface area contributed by atoms with Crippen LogP contribution in [0.1, 0.15) is 50.0 Å². The predicted molar refractivity (Wildman–Crippen MR) is 67.4 cm³/mol. The molecule has 2 heterocycles. The third-order valence-corrected chi connectivity index (χ3v) is 4.77. The van der Waals surface area contributed by atoms with Gasteiger partial charge in [-0.1, -0.05) is 0 Å². The topological polar surface area (TPSA) is 21.1 Å². The molecule has 0 aromatic carbocycles. The number of rotatable bonds is 3. The van der Waals surface area contributed by atoms with E-state index in [0.717, 1.165) is 6.54 Å². The maximum absolute atomic E-state index is 4.77. The van der Waals surface area contributed by atoms with E-state index < -0.39 is 0 Å². The number of nitrogens with zero attached hydrogens (tertiary/aromatic N) is 3. The van der Waals surface area contributed by atoms with Gasteiger partial charge >= 0.3 is 0 Å². The summed E-state index contributed by atoms with van der Waals surface area (Å²) < 4.78 is 2.20. The minimum Gasteiger partial charge on any atom is -0.279 e. The summed E-state index contributed by atoms with van der Waals surface area (Å²) in [5.41, 5.74) is 2.76. The molecule has 4 heteroatoms. The number of fused-ring (bicyclic) bond motifs is 1. The molecule has 1 aromatic rings. The second-order valence-electron chi connectivity index (χ2n) is 4.93. The van der Waals surface area contributed by atoms with Crippen LogP contribution in [0.3, 0.4) is 0 Å². The van der Waals surface area contributed by atoms with Crippen molar-refractivity contribution in [2.75, 3.05) is 6.26 Å². The highest BCUT2D eigenvalue weighted by atomic mass is 32.2. The highest BCUT2D eigenvalue weighted by Gasteiger charge is 2.35. The van der Waals surface area contributed by atoms with Crippen molar-refractivity contribution in [1.82, 2.24) is 14.7 Å². The van der Waals surface area contributed by atoms with Crippen molar-refractivity contribution in [3.8, 4) is 0 Å². The van der Waals surface area contributed by atoms with E-state index in [-0.39, 0.29) is 0 Å². The zero-order valence-corrected chi connectivity index (χ0v) is 11.0. The zero-order chi connectivity index (χ0) is 11.3. The number of thioether (sulfide) groups is 1. The van der Waals surface area contributed by atoms with Gasteiger partial charge in [-0.25, -0.2) is 0 Å². The van der Waals surface area contributed by atoms with Gasteiger partial charge < -0.3 is 0 Å².